The Morgan fingerprint density at radius 3 is 2.59 bits per heavy atom. The monoisotopic (exact) mass is 480 g/mol. The molecule has 1 aliphatic rings. The Morgan fingerprint density at radius 1 is 1.12 bits per heavy atom. The summed E-state index contributed by atoms with van der Waals surface area (Å²) in [7, 11) is 5.38. The van der Waals surface area contributed by atoms with E-state index in [1.807, 2.05) is 49.4 Å². The molecule has 3 N–H and O–H groups in total. The lowest BCUT2D eigenvalue weighted by Gasteiger charge is -2.36. The number of hydrogen-bond donors (Lipinski definition) is 3. The first-order valence-electron chi connectivity index (χ1n) is 12.4. The first-order chi connectivity index (χ1) is 16.3. The van der Waals surface area contributed by atoms with Gasteiger partial charge in [-0.2, -0.15) is 0 Å². The van der Waals surface area contributed by atoms with E-state index >= 15 is 0 Å². The maximum Gasteiger partial charge on any atom is 0.243 e. The van der Waals surface area contributed by atoms with Crippen molar-refractivity contribution in [3.63, 3.8) is 0 Å². The Hall–Kier alpha value is -1.99. The van der Waals surface area contributed by atoms with Crippen molar-refractivity contribution in [2.24, 2.45) is 17.8 Å². The minimum atomic E-state index is -0.795. The highest BCUT2D eigenvalue weighted by Crippen LogP contribution is 2.36. The van der Waals surface area contributed by atoms with Crippen molar-refractivity contribution in [1.29, 1.82) is 0 Å². The van der Waals surface area contributed by atoms with E-state index in [0.29, 0.717) is 36.3 Å². The summed E-state index contributed by atoms with van der Waals surface area (Å²) in [6.07, 6.45) is 4.24. The molecule has 2 aromatic carbocycles. The average Bonchev–Trinajstić information content (AvgIpc) is 2.82. The van der Waals surface area contributed by atoms with Crippen LogP contribution in [-0.2, 0) is 4.79 Å². The van der Waals surface area contributed by atoms with Crippen LogP contribution in [0.25, 0.3) is 10.8 Å². The van der Waals surface area contributed by atoms with E-state index in [1.165, 1.54) is 24.6 Å². The molecule has 0 bridgehead atoms. The van der Waals surface area contributed by atoms with Crippen molar-refractivity contribution in [1.82, 2.24) is 10.6 Å². The molecule has 0 heterocycles. The van der Waals surface area contributed by atoms with Gasteiger partial charge in [-0.1, -0.05) is 70.0 Å². The van der Waals surface area contributed by atoms with Gasteiger partial charge < -0.3 is 15.7 Å². The molecule has 3 rings (SSSR count). The molecule has 0 spiro atoms. The Morgan fingerprint density at radius 2 is 1.85 bits per heavy atom. The van der Waals surface area contributed by atoms with Gasteiger partial charge >= 0.3 is 0 Å². The molecule has 7 heteroatoms. The predicted octanol–water partition coefficient (Wildman–Crippen LogP) is 4.90. The molecule has 2 radical (unpaired) electrons. The van der Waals surface area contributed by atoms with E-state index in [1.54, 1.807) is 0 Å². The lowest BCUT2D eigenvalue weighted by molar-refractivity contribution is -0.124. The van der Waals surface area contributed by atoms with E-state index < -0.39 is 18.0 Å². The number of rotatable bonds is 10. The van der Waals surface area contributed by atoms with Gasteiger partial charge in [-0.3, -0.25) is 9.59 Å². The second-order valence-corrected chi connectivity index (χ2v) is 10.9. The van der Waals surface area contributed by atoms with Crippen LogP contribution >= 0.6 is 11.8 Å². The quantitative estimate of drug-likeness (QED) is 0.334. The SMILES string of the molecule is [B]C(=O)NC(CSc1cccc2ccccc12)C(=O)NC(CC)C(O)CC1CC(C)CCC1C. The van der Waals surface area contributed by atoms with Crippen molar-refractivity contribution in [3.8, 4) is 0 Å². The molecule has 5 nitrogen and oxygen atoms in total. The molecule has 0 aliphatic heterocycles. The van der Waals surface area contributed by atoms with Gasteiger partial charge in [0, 0.05) is 10.6 Å². The van der Waals surface area contributed by atoms with Gasteiger partial charge in [0.1, 0.15) is 6.04 Å². The molecule has 1 saturated carbocycles. The topological polar surface area (TPSA) is 78.4 Å². The van der Waals surface area contributed by atoms with E-state index in [2.05, 4.69) is 24.5 Å². The average molecular weight is 480 g/mol. The summed E-state index contributed by atoms with van der Waals surface area (Å²) < 4.78 is 0. The molecule has 0 aromatic heterocycles. The molecular weight excluding hydrogens is 443 g/mol. The Bertz CT molecular complexity index is 967. The van der Waals surface area contributed by atoms with Gasteiger partial charge in [0.25, 0.3) is 0 Å². The molecular formula is C27H37BN2O3S. The number of aliphatic hydroxyl groups is 1. The predicted molar refractivity (Wildman–Crippen MR) is 141 cm³/mol. The highest BCUT2D eigenvalue weighted by molar-refractivity contribution is 7.99. The van der Waals surface area contributed by atoms with Crippen molar-refractivity contribution in [2.45, 2.75) is 76.0 Å². The van der Waals surface area contributed by atoms with Crippen molar-refractivity contribution in [2.75, 3.05) is 5.75 Å². The molecule has 2 aromatic rings. The minimum Gasteiger partial charge on any atom is -0.391 e. The number of carbonyl (C=O) groups excluding carboxylic acids is 2. The molecule has 1 fully saturated rings. The van der Waals surface area contributed by atoms with Gasteiger partial charge in [0.2, 0.25) is 13.8 Å². The third kappa shape index (κ3) is 7.26. The first kappa shape index (κ1) is 26.6. The van der Waals surface area contributed by atoms with E-state index in [9.17, 15) is 14.7 Å². The highest BCUT2D eigenvalue weighted by Gasteiger charge is 2.31. The zero-order valence-corrected chi connectivity index (χ0v) is 21.3. The zero-order chi connectivity index (χ0) is 24.7. The molecule has 6 unspecified atom stereocenters. The van der Waals surface area contributed by atoms with Crippen molar-refractivity contribution < 1.29 is 14.7 Å². The third-order valence-electron chi connectivity index (χ3n) is 7.19. The van der Waals surface area contributed by atoms with Crippen LogP contribution in [0.5, 0.6) is 0 Å². The number of thioether (sulfide) groups is 1. The zero-order valence-electron chi connectivity index (χ0n) is 20.5. The summed E-state index contributed by atoms with van der Waals surface area (Å²) in [6.45, 7) is 6.50. The van der Waals surface area contributed by atoms with E-state index in [0.717, 1.165) is 22.1 Å². The van der Waals surface area contributed by atoms with Crippen LogP contribution in [-0.4, -0.2) is 48.6 Å². The van der Waals surface area contributed by atoms with Crippen molar-refractivity contribution >= 4 is 42.1 Å². The van der Waals surface area contributed by atoms with Gasteiger partial charge in [0.15, 0.2) is 5.81 Å². The van der Waals surface area contributed by atoms with Crippen molar-refractivity contribution in [3.05, 3.63) is 42.5 Å². The summed E-state index contributed by atoms with van der Waals surface area (Å²) in [6, 6.07) is 13.0. The summed E-state index contributed by atoms with van der Waals surface area (Å²) >= 11 is 1.51. The molecule has 182 valence electrons. The van der Waals surface area contributed by atoms with E-state index in [4.69, 9.17) is 7.85 Å². The number of aliphatic hydroxyl groups excluding tert-OH is 1. The van der Waals surface area contributed by atoms with Crippen LogP contribution < -0.4 is 10.6 Å². The number of nitrogens with one attached hydrogen (secondary N) is 2. The molecule has 34 heavy (non-hydrogen) atoms. The number of fused-ring (bicyclic) bond motifs is 1. The van der Waals surface area contributed by atoms with Crippen LogP contribution in [0.2, 0.25) is 0 Å². The van der Waals surface area contributed by atoms with Gasteiger partial charge in [-0.15, -0.1) is 11.8 Å². The van der Waals surface area contributed by atoms with E-state index in [-0.39, 0.29) is 11.9 Å². The highest BCUT2D eigenvalue weighted by atomic mass is 32.2. The molecule has 1 aliphatic carbocycles. The van der Waals surface area contributed by atoms with Crippen LogP contribution in [0.15, 0.2) is 47.4 Å². The normalized spacial score (nSPS) is 23.1. The fraction of sp³-hybridized carbons (Fsp3) is 0.556. The summed E-state index contributed by atoms with van der Waals surface area (Å²) in [5.41, 5.74) is 0. The number of hydrogen-bond acceptors (Lipinski definition) is 4. The van der Waals surface area contributed by atoms with Crippen LogP contribution in [0, 0.1) is 17.8 Å². The Balaban J connectivity index is 1.64. The van der Waals surface area contributed by atoms with Gasteiger partial charge in [0.05, 0.1) is 12.1 Å². The standard InChI is InChI=1S/C27H37BN2O3S/c1-4-22(24(31)15-20-14-17(2)12-13-18(20)3)29-26(32)23(30-27(28)33)16-34-25-11-7-9-19-8-5-6-10-21(19)25/h5-11,17-18,20,22-24,31H,4,12-16H2,1-3H3,(H,29,32)(H,30,33). The Labute approximate surface area is 209 Å². The molecule has 0 saturated heterocycles. The number of amides is 2. The van der Waals surface area contributed by atoms with Crippen LogP contribution in [0.1, 0.15) is 52.9 Å². The summed E-state index contributed by atoms with van der Waals surface area (Å²) in [4.78, 5) is 25.8. The number of carbonyl (C=O) groups is 2. The summed E-state index contributed by atoms with van der Waals surface area (Å²) in [5.74, 6) is 1.01. The minimum absolute atomic E-state index is 0.317. The smallest absolute Gasteiger partial charge is 0.243 e. The second kappa shape index (κ2) is 12.6. The van der Waals surface area contributed by atoms with Gasteiger partial charge in [-0.05, 0) is 53.9 Å². The lowest BCUT2D eigenvalue weighted by Crippen LogP contribution is -2.53. The van der Waals surface area contributed by atoms with Crippen LogP contribution in [0.4, 0.5) is 4.79 Å². The maximum atomic E-state index is 13.1. The first-order valence-corrected chi connectivity index (χ1v) is 13.4. The van der Waals surface area contributed by atoms with Gasteiger partial charge in [-0.25, -0.2) is 0 Å². The fourth-order valence-electron chi connectivity index (χ4n) is 5.06. The second-order valence-electron chi connectivity index (χ2n) is 9.83. The summed E-state index contributed by atoms with van der Waals surface area (Å²) in [5, 5.41) is 18.8. The lowest BCUT2D eigenvalue weighted by atomic mass is 9.73. The fourth-order valence-corrected chi connectivity index (χ4v) is 6.15. The molecule has 2 amide bonds. The largest absolute Gasteiger partial charge is 0.391 e. The molecule has 6 atom stereocenters. The van der Waals surface area contributed by atoms with Crippen LogP contribution in [0.3, 0.4) is 0 Å². The third-order valence-corrected chi connectivity index (χ3v) is 8.36. The maximum absolute atomic E-state index is 13.1. The number of benzene rings is 2. The Kier molecular flexibility index (Phi) is 9.90.